The summed E-state index contributed by atoms with van der Waals surface area (Å²) < 4.78 is 46.6. The molecule has 30 heavy (non-hydrogen) atoms. The Morgan fingerprint density at radius 2 is 1.93 bits per heavy atom. The average Bonchev–Trinajstić information content (AvgIpc) is 2.66. The van der Waals surface area contributed by atoms with Crippen molar-refractivity contribution in [1.29, 1.82) is 0 Å². The van der Waals surface area contributed by atoms with Gasteiger partial charge in [0.1, 0.15) is 11.6 Å². The molecule has 7 nitrogen and oxygen atoms in total. The van der Waals surface area contributed by atoms with Crippen LogP contribution in [-0.2, 0) is 15.7 Å². The van der Waals surface area contributed by atoms with E-state index in [-0.39, 0.29) is 40.9 Å². The van der Waals surface area contributed by atoms with Crippen LogP contribution in [-0.4, -0.2) is 36.6 Å². The summed E-state index contributed by atoms with van der Waals surface area (Å²) in [4.78, 5) is 23.0. The predicted octanol–water partition coefficient (Wildman–Crippen LogP) is 3.54. The molecule has 3 rings (SSSR count). The maximum absolute atomic E-state index is 13.8. The van der Waals surface area contributed by atoms with Crippen molar-refractivity contribution in [3.63, 3.8) is 0 Å². The molecule has 0 saturated carbocycles. The third-order valence-electron chi connectivity index (χ3n) is 4.72. The molecule has 1 atom stereocenters. The molecule has 0 spiro atoms. The molecule has 1 aliphatic rings. The Morgan fingerprint density at radius 1 is 1.27 bits per heavy atom. The lowest BCUT2D eigenvalue weighted by Crippen LogP contribution is -2.28. The van der Waals surface area contributed by atoms with E-state index in [1.165, 1.54) is 18.2 Å². The van der Waals surface area contributed by atoms with E-state index >= 15 is 0 Å². The molecule has 1 aliphatic heterocycles. The van der Waals surface area contributed by atoms with Gasteiger partial charge in [0.25, 0.3) is 0 Å². The number of carbonyl (C=O) groups is 1. The number of carbonyl (C=O) groups excluding carboxylic acids is 1. The minimum Gasteiger partial charge on any atom is -0.463 e. The van der Waals surface area contributed by atoms with E-state index < -0.39 is 23.6 Å². The number of nitrogens with zero attached hydrogens (tertiary/aromatic N) is 3. The molecule has 0 bridgehead atoms. The van der Waals surface area contributed by atoms with E-state index in [1.807, 2.05) is 0 Å². The number of nitrogen functional groups attached to an aromatic ring is 1. The minimum atomic E-state index is -4.63. The van der Waals surface area contributed by atoms with Gasteiger partial charge in [0.2, 0.25) is 5.95 Å². The fourth-order valence-corrected chi connectivity index (χ4v) is 3.46. The highest BCUT2D eigenvalue weighted by atomic mass is 19.4. The zero-order chi connectivity index (χ0) is 22.2. The largest absolute Gasteiger partial charge is 0.463 e. The summed E-state index contributed by atoms with van der Waals surface area (Å²) >= 11 is 0. The van der Waals surface area contributed by atoms with Crippen molar-refractivity contribution in [2.45, 2.75) is 25.9 Å². The Morgan fingerprint density at radius 3 is 2.53 bits per heavy atom. The van der Waals surface area contributed by atoms with Crippen LogP contribution in [0.5, 0.6) is 0 Å². The summed E-state index contributed by atoms with van der Waals surface area (Å²) in [5.74, 6) is -1.36. The van der Waals surface area contributed by atoms with Gasteiger partial charge < -0.3 is 20.7 Å². The van der Waals surface area contributed by atoms with Crippen LogP contribution in [0.3, 0.4) is 0 Å². The maximum Gasteiger partial charge on any atom is 0.416 e. The molecule has 1 aromatic carbocycles. The molecule has 0 fully saturated rings. The van der Waals surface area contributed by atoms with Gasteiger partial charge in [-0.2, -0.15) is 23.1 Å². The number of rotatable bonds is 4. The number of nitrogens with two attached hydrogens (primary N) is 1. The molecule has 0 aliphatic carbocycles. The summed E-state index contributed by atoms with van der Waals surface area (Å²) in [6, 6.07) is 5.08. The van der Waals surface area contributed by atoms with Crippen LogP contribution in [0.25, 0.3) is 0 Å². The highest BCUT2D eigenvalue weighted by Gasteiger charge is 2.42. The first-order valence-electron chi connectivity index (χ1n) is 9.22. The van der Waals surface area contributed by atoms with Crippen LogP contribution in [0.4, 0.5) is 30.8 Å². The smallest absolute Gasteiger partial charge is 0.416 e. The van der Waals surface area contributed by atoms with E-state index in [1.54, 1.807) is 32.8 Å². The van der Waals surface area contributed by atoms with E-state index in [0.29, 0.717) is 5.70 Å². The zero-order valence-corrected chi connectivity index (χ0v) is 17.0. The Kier molecular flexibility index (Phi) is 5.60. The Labute approximate surface area is 171 Å². The van der Waals surface area contributed by atoms with Crippen molar-refractivity contribution < 1.29 is 22.7 Å². The number of hydrogen-bond donors (Lipinski definition) is 2. The zero-order valence-electron chi connectivity index (χ0n) is 17.0. The first kappa shape index (κ1) is 21.4. The number of aromatic nitrogens is 2. The molecular formula is C20H22F3N5O2. The van der Waals surface area contributed by atoms with Gasteiger partial charge in [-0.15, -0.1) is 0 Å². The first-order valence-corrected chi connectivity index (χ1v) is 9.22. The standard InChI is InChI=1S/C20H22F3N5O2/c1-5-30-18(29)13-10(2)25-17-15(16(24)26-19(27-17)28(3)4)14(13)11-8-6-7-9-12(11)20(21,22)23/h6-9,14H,5H2,1-4H3,(H3,24,25,26,27). The first-order chi connectivity index (χ1) is 14.1. The molecule has 0 amide bonds. The summed E-state index contributed by atoms with van der Waals surface area (Å²) in [6.07, 6.45) is -4.63. The number of fused-ring (bicyclic) bond motifs is 1. The Bertz CT molecular complexity index is 1020. The van der Waals surface area contributed by atoms with Crippen LogP contribution in [0.15, 0.2) is 35.5 Å². The van der Waals surface area contributed by atoms with Gasteiger partial charge in [-0.05, 0) is 25.5 Å². The third kappa shape index (κ3) is 3.77. The number of halogens is 3. The van der Waals surface area contributed by atoms with Crippen molar-refractivity contribution in [3.05, 3.63) is 52.2 Å². The lowest BCUT2D eigenvalue weighted by atomic mass is 9.80. The highest BCUT2D eigenvalue weighted by molar-refractivity contribution is 5.95. The molecule has 1 unspecified atom stereocenters. The summed E-state index contributed by atoms with van der Waals surface area (Å²) in [5, 5.41) is 2.98. The predicted molar refractivity (Wildman–Crippen MR) is 107 cm³/mol. The number of ether oxygens (including phenoxy) is 1. The lowest BCUT2D eigenvalue weighted by molar-refractivity contribution is -0.140. The monoisotopic (exact) mass is 421 g/mol. The van der Waals surface area contributed by atoms with E-state index in [4.69, 9.17) is 10.5 Å². The molecule has 2 aromatic rings. The summed E-state index contributed by atoms with van der Waals surface area (Å²) in [7, 11) is 3.43. The van der Waals surface area contributed by atoms with Crippen LogP contribution in [0.2, 0.25) is 0 Å². The van der Waals surface area contributed by atoms with Gasteiger partial charge in [-0.1, -0.05) is 18.2 Å². The van der Waals surface area contributed by atoms with Crippen molar-refractivity contribution in [2.24, 2.45) is 0 Å². The van der Waals surface area contributed by atoms with Gasteiger partial charge in [-0.3, -0.25) is 0 Å². The number of esters is 1. The number of alkyl halides is 3. The summed E-state index contributed by atoms with van der Waals surface area (Å²) in [6.45, 7) is 3.28. The van der Waals surface area contributed by atoms with Gasteiger partial charge in [0, 0.05) is 25.4 Å². The molecule has 0 radical (unpaired) electrons. The van der Waals surface area contributed by atoms with Crippen molar-refractivity contribution >= 4 is 23.6 Å². The SMILES string of the molecule is CCOC(=O)C1=C(C)Nc2nc(N(C)C)nc(N)c2C1c1ccccc1C(F)(F)F. The number of nitrogens with one attached hydrogen (secondary N) is 1. The van der Waals surface area contributed by atoms with Gasteiger partial charge in [-0.25, -0.2) is 4.79 Å². The fraction of sp³-hybridized carbons (Fsp3) is 0.350. The van der Waals surface area contributed by atoms with Gasteiger partial charge in [0.05, 0.1) is 23.7 Å². The van der Waals surface area contributed by atoms with E-state index in [0.717, 1.165) is 6.07 Å². The number of hydrogen-bond acceptors (Lipinski definition) is 7. The third-order valence-corrected chi connectivity index (χ3v) is 4.72. The fourth-order valence-electron chi connectivity index (χ4n) is 3.46. The molecule has 10 heteroatoms. The van der Waals surface area contributed by atoms with Crippen molar-refractivity contribution in [2.75, 3.05) is 36.7 Å². The van der Waals surface area contributed by atoms with Crippen LogP contribution in [0, 0.1) is 0 Å². The van der Waals surface area contributed by atoms with Crippen LogP contribution >= 0.6 is 0 Å². The number of allylic oxidation sites excluding steroid dienone is 1. The van der Waals surface area contributed by atoms with Crippen LogP contribution < -0.4 is 16.0 Å². The second-order valence-electron chi connectivity index (χ2n) is 6.97. The molecule has 160 valence electrons. The molecule has 0 saturated heterocycles. The van der Waals surface area contributed by atoms with E-state index in [2.05, 4.69) is 15.3 Å². The molecular weight excluding hydrogens is 399 g/mol. The molecule has 2 heterocycles. The minimum absolute atomic E-state index is 0.0209. The number of anilines is 3. The molecule has 1 aromatic heterocycles. The van der Waals surface area contributed by atoms with Crippen LogP contribution in [0.1, 0.15) is 36.5 Å². The number of benzene rings is 1. The van der Waals surface area contributed by atoms with E-state index in [9.17, 15) is 18.0 Å². The second kappa shape index (κ2) is 7.85. The second-order valence-corrected chi connectivity index (χ2v) is 6.97. The Balaban J connectivity index is 2.34. The summed E-state index contributed by atoms with van der Waals surface area (Å²) in [5.41, 5.74) is 5.76. The molecule has 3 N–H and O–H groups in total. The lowest BCUT2D eigenvalue weighted by Gasteiger charge is -2.32. The van der Waals surface area contributed by atoms with Gasteiger partial charge >= 0.3 is 12.1 Å². The quantitative estimate of drug-likeness (QED) is 0.730. The Hall–Kier alpha value is -3.30. The van der Waals surface area contributed by atoms with Crippen molar-refractivity contribution in [1.82, 2.24) is 9.97 Å². The highest BCUT2D eigenvalue weighted by Crippen LogP contribution is 2.47. The van der Waals surface area contributed by atoms with Gasteiger partial charge in [0.15, 0.2) is 0 Å². The average molecular weight is 421 g/mol. The maximum atomic E-state index is 13.8. The van der Waals surface area contributed by atoms with Crippen molar-refractivity contribution in [3.8, 4) is 0 Å². The normalized spacial score (nSPS) is 16.0. The topological polar surface area (TPSA) is 93.4 Å².